The van der Waals surface area contributed by atoms with Crippen molar-refractivity contribution in [1.82, 2.24) is 9.80 Å². The Kier molecular flexibility index (Phi) is 9.06. The Labute approximate surface area is 129 Å². The summed E-state index contributed by atoms with van der Waals surface area (Å²) in [5.74, 6) is 0.926. The van der Waals surface area contributed by atoms with E-state index in [1.165, 1.54) is 6.42 Å². The maximum atomic E-state index is 5.87. The second-order valence-corrected chi connectivity index (χ2v) is 5.66. The number of hydrogen-bond donors (Lipinski definition) is 1. The van der Waals surface area contributed by atoms with Crippen molar-refractivity contribution < 1.29 is 4.74 Å². The molecule has 0 saturated carbocycles. The fraction of sp³-hybridized carbons (Fsp3) is 0.647. The van der Waals surface area contributed by atoms with Crippen molar-refractivity contribution in [2.24, 2.45) is 5.73 Å². The fourth-order valence-electron chi connectivity index (χ4n) is 2.28. The summed E-state index contributed by atoms with van der Waals surface area (Å²) in [4.78, 5) is 4.74. The average molecular weight is 293 g/mol. The predicted molar refractivity (Wildman–Crippen MR) is 89.7 cm³/mol. The monoisotopic (exact) mass is 293 g/mol. The Morgan fingerprint density at radius 2 is 1.81 bits per heavy atom. The molecule has 0 aliphatic rings. The molecule has 0 aliphatic heterocycles. The van der Waals surface area contributed by atoms with Gasteiger partial charge in [0.15, 0.2) is 0 Å². The molecule has 4 heteroatoms. The van der Waals surface area contributed by atoms with Gasteiger partial charge in [-0.15, -0.1) is 0 Å². The molecule has 1 rings (SSSR count). The van der Waals surface area contributed by atoms with Crippen molar-refractivity contribution in [3.05, 3.63) is 29.8 Å². The third-order valence-electron chi connectivity index (χ3n) is 3.47. The van der Waals surface area contributed by atoms with Gasteiger partial charge in [0.2, 0.25) is 0 Å². The first-order chi connectivity index (χ1) is 10.2. The van der Waals surface area contributed by atoms with Crippen LogP contribution in [0.25, 0.3) is 0 Å². The molecule has 0 spiro atoms. The Balaban J connectivity index is 2.30. The van der Waals surface area contributed by atoms with E-state index >= 15 is 0 Å². The highest BCUT2D eigenvalue weighted by molar-refractivity contribution is 5.32. The van der Waals surface area contributed by atoms with Gasteiger partial charge in [-0.3, -0.25) is 0 Å². The quantitative estimate of drug-likeness (QED) is 0.635. The van der Waals surface area contributed by atoms with Crippen molar-refractivity contribution >= 4 is 0 Å². The lowest BCUT2D eigenvalue weighted by molar-refractivity contribution is 0.215. The number of nitrogens with zero attached hydrogens (tertiary/aromatic N) is 2. The first-order valence-electron chi connectivity index (χ1n) is 7.95. The van der Waals surface area contributed by atoms with Crippen LogP contribution in [-0.2, 0) is 6.54 Å². The highest BCUT2D eigenvalue weighted by atomic mass is 16.5. The van der Waals surface area contributed by atoms with E-state index in [1.807, 2.05) is 24.3 Å². The number of ether oxygens (including phenoxy) is 1. The molecule has 0 aliphatic carbocycles. The SMILES string of the molecule is CCCN(CCCOc1ccccc1CN)CCN(C)C. The lowest BCUT2D eigenvalue weighted by Crippen LogP contribution is -2.33. The van der Waals surface area contributed by atoms with Crippen molar-refractivity contribution in [2.45, 2.75) is 26.3 Å². The first kappa shape index (κ1) is 18.0. The normalized spacial score (nSPS) is 11.3. The Morgan fingerprint density at radius 3 is 2.48 bits per heavy atom. The number of likely N-dealkylation sites (N-methyl/N-ethyl adjacent to an activating group) is 1. The fourth-order valence-corrected chi connectivity index (χ4v) is 2.28. The Hall–Kier alpha value is -1.10. The molecule has 21 heavy (non-hydrogen) atoms. The zero-order valence-electron chi connectivity index (χ0n) is 13.8. The summed E-state index contributed by atoms with van der Waals surface area (Å²) in [5, 5.41) is 0. The summed E-state index contributed by atoms with van der Waals surface area (Å²) in [6.07, 6.45) is 2.25. The van der Waals surface area contributed by atoms with Gasteiger partial charge in [-0.2, -0.15) is 0 Å². The van der Waals surface area contributed by atoms with Gasteiger partial charge in [0.1, 0.15) is 5.75 Å². The number of hydrogen-bond acceptors (Lipinski definition) is 4. The minimum absolute atomic E-state index is 0.529. The van der Waals surface area contributed by atoms with Gasteiger partial charge in [-0.05, 0) is 39.5 Å². The van der Waals surface area contributed by atoms with Gasteiger partial charge in [0.05, 0.1) is 6.61 Å². The minimum Gasteiger partial charge on any atom is -0.493 e. The van der Waals surface area contributed by atoms with Crippen LogP contribution in [0.1, 0.15) is 25.3 Å². The average Bonchev–Trinajstić information content (AvgIpc) is 2.49. The molecule has 0 atom stereocenters. The van der Waals surface area contributed by atoms with E-state index in [0.29, 0.717) is 6.54 Å². The molecular weight excluding hydrogens is 262 g/mol. The molecule has 1 aromatic rings. The van der Waals surface area contributed by atoms with Crippen LogP contribution >= 0.6 is 0 Å². The van der Waals surface area contributed by atoms with E-state index in [-0.39, 0.29) is 0 Å². The Morgan fingerprint density at radius 1 is 1.05 bits per heavy atom. The summed E-state index contributed by atoms with van der Waals surface area (Å²) >= 11 is 0. The molecule has 0 saturated heterocycles. The van der Waals surface area contributed by atoms with Crippen LogP contribution in [0.15, 0.2) is 24.3 Å². The molecular formula is C17H31N3O. The van der Waals surface area contributed by atoms with Crippen LogP contribution in [0.3, 0.4) is 0 Å². The standard InChI is InChI=1S/C17H31N3O/c1-4-10-20(13-12-19(2)3)11-7-14-21-17-9-6-5-8-16(17)15-18/h5-6,8-9H,4,7,10-15,18H2,1-3H3. The third-order valence-corrected chi connectivity index (χ3v) is 3.47. The van der Waals surface area contributed by atoms with Crippen molar-refractivity contribution in [1.29, 1.82) is 0 Å². The topological polar surface area (TPSA) is 41.7 Å². The molecule has 2 N–H and O–H groups in total. The number of nitrogens with two attached hydrogens (primary N) is 1. The van der Waals surface area contributed by atoms with Gasteiger partial charge >= 0.3 is 0 Å². The zero-order chi connectivity index (χ0) is 15.5. The predicted octanol–water partition coefficient (Wildman–Crippen LogP) is 2.19. The summed E-state index contributed by atoms with van der Waals surface area (Å²) < 4.78 is 5.87. The van der Waals surface area contributed by atoms with E-state index in [9.17, 15) is 0 Å². The summed E-state index contributed by atoms with van der Waals surface area (Å²) in [5.41, 5.74) is 6.80. The molecule has 0 aromatic heterocycles. The van der Waals surface area contributed by atoms with Crippen LogP contribution in [0, 0.1) is 0 Å². The highest BCUT2D eigenvalue weighted by Crippen LogP contribution is 2.17. The van der Waals surface area contributed by atoms with E-state index < -0.39 is 0 Å². The van der Waals surface area contributed by atoms with E-state index in [1.54, 1.807) is 0 Å². The molecule has 4 nitrogen and oxygen atoms in total. The molecule has 0 bridgehead atoms. The maximum absolute atomic E-state index is 5.87. The van der Waals surface area contributed by atoms with Gasteiger partial charge in [0.25, 0.3) is 0 Å². The first-order valence-corrected chi connectivity index (χ1v) is 7.95. The summed E-state index contributed by atoms with van der Waals surface area (Å²) in [6.45, 7) is 7.99. The smallest absolute Gasteiger partial charge is 0.123 e. The highest BCUT2D eigenvalue weighted by Gasteiger charge is 2.05. The molecule has 0 unspecified atom stereocenters. The van der Waals surface area contributed by atoms with Crippen molar-refractivity contribution in [3.63, 3.8) is 0 Å². The lowest BCUT2D eigenvalue weighted by atomic mass is 10.2. The molecule has 0 fully saturated rings. The van der Waals surface area contributed by atoms with Crippen LogP contribution in [-0.4, -0.2) is 56.7 Å². The largest absolute Gasteiger partial charge is 0.493 e. The molecule has 120 valence electrons. The van der Waals surface area contributed by atoms with Gasteiger partial charge in [-0.25, -0.2) is 0 Å². The summed E-state index contributed by atoms with van der Waals surface area (Å²) in [6, 6.07) is 8.02. The van der Waals surface area contributed by atoms with E-state index in [0.717, 1.165) is 50.5 Å². The van der Waals surface area contributed by atoms with Crippen molar-refractivity contribution in [3.8, 4) is 5.75 Å². The number of rotatable bonds is 11. The van der Waals surface area contributed by atoms with Crippen LogP contribution in [0.5, 0.6) is 5.75 Å². The minimum atomic E-state index is 0.529. The van der Waals surface area contributed by atoms with Gasteiger partial charge in [-0.1, -0.05) is 25.1 Å². The lowest BCUT2D eigenvalue weighted by Gasteiger charge is -2.23. The van der Waals surface area contributed by atoms with Crippen LogP contribution < -0.4 is 10.5 Å². The van der Waals surface area contributed by atoms with E-state index in [2.05, 4.69) is 30.8 Å². The Bertz CT molecular complexity index is 382. The van der Waals surface area contributed by atoms with Gasteiger partial charge < -0.3 is 20.3 Å². The maximum Gasteiger partial charge on any atom is 0.123 e. The van der Waals surface area contributed by atoms with Gasteiger partial charge in [0, 0.05) is 31.7 Å². The molecule has 0 radical (unpaired) electrons. The molecule has 1 aromatic carbocycles. The molecule has 0 heterocycles. The molecule has 0 amide bonds. The number of para-hydroxylation sites is 1. The second-order valence-electron chi connectivity index (χ2n) is 5.66. The zero-order valence-corrected chi connectivity index (χ0v) is 13.8. The van der Waals surface area contributed by atoms with E-state index in [4.69, 9.17) is 10.5 Å². The van der Waals surface area contributed by atoms with Crippen LogP contribution in [0.2, 0.25) is 0 Å². The second kappa shape index (κ2) is 10.6. The number of benzene rings is 1. The summed E-state index contributed by atoms with van der Waals surface area (Å²) in [7, 11) is 4.24. The third kappa shape index (κ3) is 7.46. The van der Waals surface area contributed by atoms with Crippen molar-refractivity contribution in [2.75, 3.05) is 46.9 Å². The van der Waals surface area contributed by atoms with Crippen LogP contribution in [0.4, 0.5) is 0 Å².